The summed E-state index contributed by atoms with van der Waals surface area (Å²) in [5, 5.41) is 10.5. The van der Waals surface area contributed by atoms with E-state index >= 15 is 0 Å². The van der Waals surface area contributed by atoms with Crippen LogP contribution in [0.5, 0.6) is 5.75 Å². The molecule has 0 aliphatic heterocycles. The Bertz CT molecular complexity index is 498. The van der Waals surface area contributed by atoms with Crippen LogP contribution in [0.4, 0.5) is 10.8 Å². The minimum absolute atomic E-state index is 0.151. The topological polar surface area (TPSA) is 90.1 Å². The van der Waals surface area contributed by atoms with Gasteiger partial charge in [0, 0.05) is 5.69 Å². The molecule has 94 valence electrons. The van der Waals surface area contributed by atoms with E-state index in [0.717, 1.165) is 0 Å². The fraction of sp³-hybridized carbons (Fsp3) is 0.182. The molecule has 7 heteroatoms. The Kier molecular flexibility index (Phi) is 4.08. The number of hydrogen-bond donors (Lipinski definition) is 2. The van der Waals surface area contributed by atoms with Crippen molar-refractivity contribution in [3.8, 4) is 5.75 Å². The number of anilines is 2. The van der Waals surface area contributed by atoms with Gasteiger partial charge in [-0.2, -0.15) is 0 Å². The molecule has 0 fully saturated rings. The molecule has 1 amide bonds. The quantitative estimate of drug-likeness (QED) is 0.799. The van der Waals surface area contributed by atoms with Crippen molar-refractivity contribution in [1.29, 1.82) is 0 Å². The lowest BCUT2D eigenvalue weighted by atomic mass is 10.3. The van der Waals surface area contributed by atoms with Crippen molar-refractivity contribution in [1.82, 2.24) is 10.2 Å². The zero-order valence-electron chi connectivity index (χ0n) is 9.50. The first-order valence-electron chi connectivity index (χ1n) is 5.28. The summed E-state index contributed by atoms with van der Waals surface area (Å²) >= 11 is 1.27. The molecule has 1 aromatic heterocycles. The summed E-state index contributed by atoms with van der Waals surface area (Å²) in [6.45, 7) is 0.300. The van der Waals surface area contributed by atoms with E-state index in [-0.39, 0.29) is 12.3 Å². The molecule has 0 aliphatic rings. The van der Waals surface area contributed by atoms with Gasteiger partial charge in [-0.3, -0.25) is 4.79 Å². The lowest BCUT2D eigenvalue weighted by molar-refractivity contribution is -0.116. The summed E-state index contributed by atoms with van der Waals surface area (Å²) in [5.41, 5.74) is 7.78. The Morgan fingerprint density at radius 3 is 2.83 bits per heavy atom. The summed E-state index contributed by atoms with van der Waals surface area (Å²) in [6, 6.07) is 7.02. The lowest BCUT2D eigenvalue weighted by Gasteiger charge is -2.05. The molecule has 3 N–H and O–H groups in total. The number of hydrogen-bond acceptors (Lipinski definition) is 6. The number of carbonyl (C=O) groups is 1. The van der Waals surface area contributed by atoms with Gasteiger partial charge in [0.1, 0.15) is 11.3 Å². The molecule has 0 atom stereocenters. The molecule has 0 aliphatic carbocycles. The average Bonchev–Trinajstić information content (AvgIpc) is 2.84. The molecule has 0 saturated carbocycles. The molecular weight excluding hydrogens is 252 g/mol. The second-order valence-electron chi connectivity index (χ2n) is 3.46. The summed E-state index contributed by atoms with van der Waals surface area (Å²) in [7, 11) is 0. The first kappa shape index (κ1) is 12.3. The van der Waals surface area contributed by atoms with E-state index in [2.05, 4.69) is 15.5 Å². The Morgan fingerprint density at radius 1 is 1.39 bits per heavy atom. The highest BCUT2D eigenvalue weighted by atomic mass is 32.1. The van der Waals surface area contributed by atoms with Crippen LogP contribution in [0.15, 0.2) is 29.8 Å². The van der Waals surface area contributed by atoms with E-state index in [1.165, 1.54) is 11.3 Å². The van der Waals surface area contributed by atoms with E-state index in [4.69, 9.17) is 10.5 Å². The maximum absolute atomic E-state index is 11.5. The van der Waals surface area contributed by atoms with Gasteiger partial charge in [-0.25, -0.2) is 0 Å². The monoisotopic (exact) mass is 264 g/mol. The number of amides is 1. The van der Waals surface area contributed by atoms with Crippen LogP contribution in [0, 0.1) is 0 Å². The van der Waals surface area contributed by atoms with Gasteiger partial charge < -0.3 is 15.8 Å². The number of nitrogens with one attached hydrogen (secondary N) is 1. The number of rotatable bonds is 5. The highest BCUT2D eigenvalue weighted by molar-refractivity contribution is 7.13. The Morgan fingerprint density at radius 2 is 2.17 bits per heavy atom. The number of ether oxygens (including phenoxy) is 1. The number of nitrogens with zero attached hydrogens (tertiary/aromatic N) is 2. The van der Waals surface area contributed by atoms with Gasteiger partial charge in [-0.15, -0.1) is 10.2 Å². The average molecular weight is 264 g/mol. The van der Waals surface area contributed by atoms with Gasteiger partial charge in [0.25, 0.3) is 0 Å². The first-order chi connectivity index (χ1) is 8.74. The van der Waals surface area contributed by atoms with Crippen LogP contribution in [0.3, 0.4) is 0 Å². The lowest BCUT2D eigenvalue weighted by Crippen LogP contribution is -2.15. The number of benzene rings is 1. The highest BCUT2D eigenvalue weighted by Crippen LogP contribution is 2.13. The molecular formula is C11H12N4O2S. The van der Waals surface area contributed by atoms with Crippen LogP contribution in [0.25, 0.3) is 0 Å². The molecule has 0 radical (unpaired) electrons. The van der Waals surface area contributed by atoms with Gasteiger partial charge in [0.2, 0.25) is 11.0 Å². The van der Waals surface area contributed by atoms with Crippen molar-refractivity contribution in [3.05, 3.63) is 29.8 Å². The van der Waals surface area contributed by atoms with Crippen molar-refractivity contribution >= 4 is 28.1 Å². The van der Waals surface area contributed by atoms with Gasteiger partial charge in [0.15, 0.2) is 0 Å². The van der Waals surface area contributed by atoms with Crippen LogP contribution in [-0.4, -0.2) is 22.7 Å². The number of carbonyl (C=O) groups excluding carboxylic acids is 1. The molecule has 1 aromatic carbocycles. The Labute approximate surface area is 108 Å². The van der Waals surface area contributed by atoms with E-state index in [9.17, 15) is 4.79 Å². The van der Waals surface area contributed by atoms with Crippen molar-refractivity contribution < 1.29 is 9.53 Å². The van der Waals surface area contributed by atoms with Crippen LogP contribution in [0.2, 0.25) is 0 Å². The summed E-state index contributed by atoms with van der Waals surface area (Å²) in [6.07, 6.45) is 0.254. The second kappa shape index (κ2) is 5.97. The molecule has 0 saturated heterocycles. The Balaban J connectivity index is 1.72. The molecule has 1 heterocycles. The zero-order valence-corrected chi connectivity index (χ0v) is 10.3. The molecule has 0 unspecified atom stereocenters. The predicted octanol–water partition coefficient (Wildman–Crippen LogP) is 1.53. The van der Waals surface area contributed by atoms with E-state index in [0.29, 0.717) is 23.2 Å². The van der Waals surface area contributed by atoms with Crippen molar-refractivity contribution in [3.63, 3.8) is 0 Å². The van der Waals surface area contributed by atoms with E-state index < -0.39 is 0 Å². The van der Waals surface area contributed by atoms with Crippen molar-refractivity contribution in [2.24, 2.45) is 0 Å². The number of nitrogens with two attached hydrogens (primary N) is 1. The fourth-order valence-corrected chi connectivity index (χ4v) is 1.70. The molecule has 0 bridgehead atoms. The first-order valence-corrected chi connectivity index (χ1v) is 6.16. The SMILES string of the molecule is Nc1ccc(OCCC(=O)Nc2nncs2)cc1. The molecule has 0 spiro atoms. The number of nitrogen functional groups attached to an aromatic ring is 1. The van der Waals surface area contributed by atoms with Gasteiger partial charge >= 0.3 is 0 Å². The summed E-state index contributed by atoms with van der Waals surface area (Å²) in [5.74, 6) is 0.537. The van der Waals surface area contributed by atoms with Gasteiger partial charge in [0.05, 0.1) is 13.0 Å². The molecule has 6 nitrogen and oxygen atoms in total. The highest BCUT2D eigenvalue weighted by Gasteiger charge is 2.04. The standard InChI is InChI=1S/C11H12N4O2S/c12-8-1-3-9(4-2-8)17-6-5-10(16)14-11-15-13-7-18-11/h1-4,7H,5-6,12H2,(H,14,15,16). The smallest absolute Gasteiger partial charge is 0.229 e. The van der Waals surface area contributed by atoms with Crippen molar-refractivity contribution in [2.45, 2.75) is 6.42 Å². The van der Waals surface area contributed by atoms with Crippen molar-refractivity contribution in [2.75, 3.05) is 17.7 Å². The van der Waals surface area contributed by atoms with Crippen LogP contribution >= 0.6 is 11.3 Å². The minimum Gasteiger partial charge on any atom is -0.493 e. The maximum Gasteiger partial charge on any atom is 0.229 e. The summed E-state index contributed by atoms with van der Waals surface area (Å²) in [4.78, 5) is 11.5. The predicted molar refractivity (Wildman–Crippen MR) is 69.5 cm³/mol. The molecule has 2 aromatic rings. The third-order valence-electron chi connectivity index (χ3n) is 2.08. The third kappa shape index (κ3) is 3.70. The van der Waals surface area contributed by atoms with E-state index in [1.807, 2.05) is 0 Å². The second-order valence-corrected chi connectivity index (χ2v) is 4.29. The van der Waals surface area contributed by atoms with E-state index in [1.54, 1.807) is 29.8 Å². The van der Waals surface area contributed by atoms with Gasteiger partial charge in [-0.1, -0.05) is 11.3 Å². The Hall–Kier alpha value is -2.15. The largest absolute Gasteiger partial charge is 0.493 e. The minimum atomic E-state index is -0.151. The molecule has 18 heavy (non-hydrogen) atoms. The normalized spacial score (nSPS) is 10.0. The zero-order chi connectivity index (χ0) is 12.8. The molecule has 2 rings (SSSR count). The van der Waals surface area contributed by atoms with Crippen LogP contribution in [0.1, 0.15) is 6.42 Å². The summed E-state index contributed by atoms with van der Waals surface area (Å²) < 4.78 is 5.40. The van der Waals surface area contributed by atoms with Crippen LogP contribution < -0.4 is 15.8 Å². The van der Waals surface area contributed by atoms with Gasteiger partial charge in [-0.05, 0) is 24.3 Å². The third-order valence-corrected chi connectivity index (χ3v) is 2.69. The number of aromatic nitrogens is 2. The fourth-order valence-electron chi connectivity index (χ4n) is 1.23. The van der Waals surface area contributed by atoms with Crippen LogP contribution in [-0.2, 0) is 4.79 Å². The maximum atomic E-state index is 11.5.